The number of rotatable bonds is 8. The van der Waals surface area contributed by atoms with Crippen LogP contribution in [0.15, 0.2) is 53.1 Å². The Balaban J connectivity index is 1.67. The van der Waals surface area contributed by atoms with Crippen molar-refractivity contribution in [2.45, 2.75) is 56.6 Å². The predicted molar refractivity (Wildman–Crippen MR) is 139 cm³/mol. The average Bonchev–Trinajstić information content (AvgIpc) is 2.92. The Morgan fingerprint density at radius 3 is 2.87 bits per heavy atom. The maximum absolute atomic E-state index is 13.9. The van der Waals surface area contributed by atoms with Gasteiger partial charge in [-0.3, -0.25) is 4.79 Å². The molecule has 0 unspecified atom stereocenters. The fourth-order valence-corrected chi connectivity index (χ4v) is 5.97. The van der Waals surface area contributed by atoms with Crippen LogP contribution in [-0.4, -0.2) is 62.0 Å². The molecule has 2 aliphatic heterocycles. The van der Waals surface area contributed by atoms with E-state index < -0.39 is 34.0 Å². The second-order valence-electron chi connectivity index (χ2n) is 9.41. The van der Waals surface area contributed by atoms with Crippen molar-refractivity contribution in [1.82, 2.24) is 19.9 Å². The monoisotopic (exact) mass is 537 g/mol. The molecule has 2 aromatic rings. The van der Waals surface area contributed by atoms with Gasteiger partial charge in [-0.15, -0.1) is 0 Å². The molecule has 2 N–H and O–H groups in total. The summed E-state index contributed by atoms with van der Waals surface area (Å²) in [5, 5.41) is 12.5. The zero-order chi connectivity index (χ0) is 27.3. The van der Waals surface area contributed by atoms with Crippen LogP contribution in [-0.2, 0) is 43.7 Å². The second-order valence-corrected chi connectivity index (χ2v) is 11.1. The highest BCUT2D eigenvalue weighted by Crippen LogP contribution is 2.23. The topological polar surface area (TPSA) is 141 Å². The number of carbonyl (C=O) groups excluding carboxylic acids is 2. The van der Waals surface area contributed by atoms with Crippen molar-refractivity contribution in [3.63, 3.8) is 0 Å². The standard InChI is InChI=1S/C27H31N5O5S/c1-3-37-27(34)25-12-18(2)8-11-32(25)26(33)24(14-19-6-10-30-22(13-19)16-28)31-38(35,36)23-5-4-20-7-9-29-17-21(20)15-23/h4-6,8,10,13,15,24-25,29,31H,3,7,9,11-12,14,17H2,1-2H3/t24-,25+/m0/s1. The summed E-state index contributed by atoms with van der Waals surface area (Å²) in [4.78, 5) is 32.0. The Morgan fingerprint density at radius 2 is 2.11 bits per heavy atom. The molecule has 0 saturated carbocycles. The molecule has 0 bridgehead atoms. The maximum atomic E-state index is 13.9. The molecule has 1 aromatic heterocycles. The van der Waals surface area contributed by atoms with Gasteiger partial charge in [0.1, 0.15) is 23.8 Å². The zero-order valence-electron chi connectivity index (χ0n) is 21.4. The fourth-order valence-electron chi connectivity index (χ4n) is 4.73. The maximum Gasteiger partial charge on any atom is 0.329 e. The number of amides is 1. The Hall–Kier alpha value is -3.59. The minimum atomic E-state index is -4.11. The van der Waals surface area contributed by atoms with Gasteiger partial charge in [-0.2, -0.15) is 9.98 Å². The van der Waals surface area contributed by atoms with Crippen LogP contribution in [0.4, 0.5) is 0 Å². The van der Waals surface area contributed by atoms with Crippen molar-refractivity contribution in [3.8, 4) is 6.07 Å². The predicted octanol–water partition coefficient (Wildman–Crippen LogP) is 1.60. The lowest BCUT2D eigenvalue weighted by molar-refractivity contribution is -0.155. The molecule has 1 aromatic carbocycles. The molecule has 38 heavy (non-hydrogen) atoms. The molecule has 0 radical (unpaired) electrons. The minimum Gasteiger partial charge on any atom is -0.464 e. The number of hydrogen-bond acceptors (Lipinski definition) is 8. The van der Waals surface area contributed by atoms with Gasteiger partial charge in [0.25, 0.3) is 0 Å². The lowest BCUT2D eigenvalue weighted by Gasteiger charge is -2.35. The van der Waals surface area contributed by atoms with Crippen LogP contribution in [0.5, 0.6) is 0 Å². The average molecular weight is 538 g/mol. The van der Waals surface area contributed by atoms with E-state index in [1.807, 2.05) is 19.1 Å². The highest BCUT2D eigenvalue weighted by atomic mass is 32.2. The first-order valence-electron chi connectivity index (χ1n) is 12.5. The van der Waals surface area contributed by atoms with E-state index in [0.717, 1.165) is 29.7 Å². The highest BCUT2D eigenvalue weighted by molar-refractivity contribution is 7.89. The van der Waals surface area contributed by atoms with Crippen molar-refractivity contribution in [3.05, 3.63) is 70.6 Å². The number of sulfonamides is 1. The van der Waals surface area contributed by atoms with Gasteiger partial charge in [-0.25, -0.2) is 18.2 Å². The molecule has 10 nitrogen and oxygen atoms in total. The molecule has 2 atom stereocenters. The van der Waals surface area contributed by atoms with Crippen molar-refractivity contribution in [2.24, 2.45) is 0 Å². The van der Waals surface area contributed by atoms with Gasteiger partial charge in [0.15, 0.2) is 0 Å². The van der Waals surface area contributed by atoms with E-state index in [4.69, 9.17) is 4.74 Å². The van der Waals surface area contributed by atoms with Gasteiger partial charge in [-0.1, -0.05) is 17.7 Å². The molecule has 0 spiro atoms. The van der Waals surface area contributed by atoms with Gasteiger partial charge < -0.3 is 15.0 Å². The number of fused-ring (bicyclic) bond motifs is 1. The number of nitrogens with zero attached hydrogens (tertiary/aromatic N) is 3. The van der Waals surface area contributed by atoms with E-state index in [-0.39, 0.29) is 30.2 Å². The van der Waals surface area contributed by atoms with Crippen molar-refractivity contribution < 1.29 is 22.7 Å². The van der Waals surface area contributed by atoms with Crippen molar-refractivity contribution >= 4 is 21.9 Å². The summed E-state index contributed by atoms with van der Waals surface area (Å²) in [6, 6.07) is 7.99. The third-order valence-electron chi connectivity index (χ3n) is 6.72. The first-order valence-corrected chi connectivity index (χ1v) is 14.0. The normalized spacial score (nSPS) is 18.1. The molecular formula is C27H31N5O5S. The third-order valence-corrected chi connectivity index (χ3v) is 8.19. The van der Waals surface area contributed by atoms with Crippen LogP contribution in [0.2, 0.25) is 0 Å². The minimum absolute atomic E-state index is 0.0312. The number of nitrogens with one attached hydrogen (secondary N) is 2. The first kappa shape index (κ1) is 27.4. The molecule has 1 amide bonds. The number of pyridine rings is 1. The zero-order valence-corrected chi connectivity index (χ0v) is 22.3. The summed E-state index contributed by atoms with van der Waals surface area (Å²) in [5.74, 6) is -1.09. The van der Waals surface area contributed by atoms with Crippen LogP contribution in [0, 0.1) is 11.3 Å². The van der Waals surface area contributed by atoms with Crippen molar-refractivity contribution in [1.29, 1.82) is 5.26 Å². The molecule has 0 fully saturated rings. The summed E-state index contributed by atoms with van der Waals surface area (Å²) >= 11 is 0. The number of aromatic nitrogens is 1. The van der Waals surface area contributed by atoms with Gasteiger partial charge in [0, 0.05) is 19.3 Å². The van der Waals surface area contributed by atoms with E-state index in [0.29, 0.717) is 18.5 Å². The fraction of sp³-hybridized carbons (Fsp3) is 0.407. The first-order chi connectivity index (χ1) is 18.2. The summed E-state index contributed by atoms with van der Waals surface area (Å²) in [5.41, 5.74) is 3.64. The second kappa shape index (κ2) is 11.9. The number of ether oxygens (including phenoxy) is 1. The molecule has 4 rings (SSSR count). The lowest BCUT2D eigenvalue weighted by atomic mass is 9.98. The van der Waals surface area contributed by atoms with Crippen molar-refractivity contribution in [2.75, 3.05) is 19.7 Å². The summed E-state index contributed by atoms with van der Waals surface area (Å²) in [7, 11) is -4.11. The van der Waals surface area contributed by atoms with Gasteiger partial charge in [0.05, 0.1) is 11.5 Å². The molecule has 2 aliphatic rings. The Bertz CT molecular complexity index is 1400. The quantitative estimate of drug-likeness (QED) is 0.382. The van der Waals surface area contributed by atoms with Crippen LogP contribution >= 0.6 is 0 Å². The van der Waals surface area contributed by atoms with Gasteiger partial charge >= 0.3 is 5.97 Å². The Labute approximate surface area is 222 Å². The molecular weight excluding hydrogens is 506 g/mol. The van der Waals surface area contributed by atoms with Gasteiger partial charge in [0.2, 0.25) is 15.9 Å². The van der Waals surface area contributed by atoms with E-state index in [2.05, 4.69) is 15.0 Å². The van der Waals surface area contributed by atoms with E-state index >= 15 is 0 Å². The Morgan fingerprint density at radius 1 is 1.29 bits per heavy atom. The smallest absolute Gasteiger partial charge is 0.329 e. The van der Waals surface area contributed by atoms with Gasteiger partial charge in [-0.05, 0) is 80.6 Å². The third kappa shape index (κ3) is 6.27. The summed E-state index contributed by atoms with van der Waals surface area (Å²) in [6.45, 7) is 5.27. The molecule has 0 saturated heterocycles. The number of hydrogen-bond donors (Lipinski definition) is 2. The number of esters is 1. The van der Waals surface area contributed by atoms with E-state index in [1.165, 1.54) is 17.2 Å². The molecule has 11 heteroatoms. The van der Waals surface area contributed by atoms with Crippen LogP contribution < -0.4 is 10.0 Å². The van der Waals surface area contributed by atoms with E-state index in [1.54, 1.807) is 31.2 Å². The molecule has 200 valence electrons. The van der Waals surface area contributed by atoms with E-state index in [9.17, 15) is 23.3 Å². The largest absolute Gasteiger partial charge is 0.464 e. The number of nitriles is 1. The number of benzene rings is 1. The highest BCUT2D eigenvalue weighted by Gasteiger charge is 2.38. The SMILES string of the molecule is CCOC(=O)[C@H]1CC(C)=CCN1C(=O)[C@H](Cc1ccnc(C#N)c1)NS(=O)(=O)c1ccc2c(c1)CNCC2. The van der Waals surface area contributed by atoms with Crippen LogP contribution in [0.25, 0.3) is 0 Å². The number of carbonyl (C=O) groups is 2. The summed E-state index contributed by atoms with van der Waals surface area (Å²) < 4.78 is 34.9. The Kier molecular flexibility index (Phi) is 8.56. The van der Waals surface area contributed by atoms with Crippen LogP contribution in [0.3, 0.4) is 0 Å². The lowest BCUT2D eigenvalue weighted by Crippen LogP contribution is -2.56. The molecule has 3 heterocycles. The van der Waals surface area contributed by atoms with Crippen LogP contribution in [0.1, 0.15) is 42.7 Å². The summed E-state index contributed by atoms with van der Waals surface area (Å²) in [6.07, 6.45) is 4.36. The molecule has 0 aliphatic carbocycles.